The van der Waals surface area contributed by atoms with Crippen LogP contribution >= 0.6 is 0 Å². The predicted molar refractivity (Wildman–Crippen MR) is 119 cm³/mol. The molecule has 2 aromatic heterocycles. The zero-order valence-corrected chi connectivity index (χ0v) is 17.8. The highest BCUT2D eigenvalue weighted by molar-refractivity contribution is 5.92. The minimum Gasteiger partial charge on any atom is -0.496 e. The number of nitrogens with one attached hydrogen (secondary N) is 3. The number of rotatable bonds is 8. The number of aryl methyl sites for hydroxylation is 1. The van der Waals surface area contributed by atoms with E-state index in [1.54, 1.807) is 14.0 Å². The van der Waals surface area contributed by atoms with E-state index in [0.29, 0.717) is 29.7 Å². The van der Waals surface area contributed by atoms with Crippen molar-refractivity contribution in [1.29, 1.82) is 0 Å². The molecule has 0 unspecified atom stereocenters. The van der Waals surface area contributed by atoms with Crippen molar-refractivity contribution in [3.8, 4) is 5.75 Å². The number of methoxy groups -OCH3 is 1. The molecule has 0 saturated heterocycles. The van der Waals surface area contributed by atoms with Gasteiger partial charge in [-0.15, -0.1) is 5.10 Å². The summed E-state index contributed by atoms with van der Waals surface area (Å²) in [4.78, 5) is 33.3. The maximum Gasteiger partial charge on any atom is 0.245 e. The lowest BCUT2D eigenvalue weighted by atomic mass is 10.2. The number of hydrazine groups is 1. The molecule has 0 radical (unpaired) electrons. The molecule has 10 heteroatoms. The van der Waals surface area contributed by atoms with Gasteiger partial charge in [-0.25, -0.2) is 9.97 Å². The van der Waals surface area contributed by atoms with Crippen LogP contribution in [0.2, 0.25) is 0 Å². The largest absolute Gasteiger partial charge is 0.496 e. The van der Waals surface area contributed by atoms with Gasteiger partial charge >= 0.3 is 0 Å². The topological polar surface area (TPSA) is 123 Å². The lowest BCUT2D eigenvalue weighted by molar-refractivity contribution is -0.126. The highest BCUT2D eigenvalue weighted by Gasteiger charge is 2.13. The molecular weight excluding hydrogens is 410 g/mol. The number of para-hydroxylation sites is 2. The second-order valence-corrected chi connectivity index (χ2v) is 7.11. The molecule has 0 fully saturated rings. The summed E-state index contributed by atoms with van der Waals surface area (Å²) in [7, 11) is 1.58. The van der Waals surface area contributed by atoms with Crippen LogP contribution in [0, 0.1) is 6.92 Å². The molecule has 2 aromatic carbocycles. The van der Waals surface area contributed by atoms with Crippen molar-refractivity contribution in [2.45, 2.75) is 26.3 Å². The van der Waals surface area contributed by atoms with Crippen LogP contribution < -0.4 is 20.9 Å². The van der Waals surface area contributed by atoms with Gasteiger partial charge in [0.25, 0.3) is 0 Å². The van der Waals surface area contributed by atoms with Crippen LogP contribution in [0.4, 0.5) is 5.95 Å². The van der Waals surface area contributed by atoms with E-state index in [4.69, 9.17) is 4.74 Å². The fourth-order valence-corrected chi connectivity index (χ4v) is 3.29. The Morgan fingerprint density at radius 2 is 1.75 bits per heavy atom. The van der Waals surface area contributed by atoms with Gasteiger partial charge in [0.15, 0.2) is 5.65 Å². The van der Waals surface area contributed by atoms with Gasteiger partial charge in [0.2, 0.25) is 17.8 Å². The summed E-state index contributed by atoms with van der Waals surface area (Å²) in [5, 5.41) is 7.99. The molecule has 4 aromatic rings. The Kier molecular flexibility index (Phi) is 6.11. The van der Waals surface area contributed by atoms with Gasteiger partial charge in [-0.1, -0.05) is 30.3 Å². The quantitative estimate of drug-likeness (QED) is 0.364. The molecule has 3 N–H and O–H groups in total. The molecule has 0 aliphatic rings. The monoisotopic (exact) mass is 433 g/mol. The van der Waals surface area contributed by atoms with Crippen molar-refractivity contribution >= 4 is 34.3 Å². The minimum atomic E-state index is -0.350. The highest BCUT2D eigenvalue weighted by Crippen LogP contribution is 2.20. The SMILES string of the molecule is COc1ccccc1CNC(=O)CCC(=O)NNc1nc2ccccc2c2nc(C)nn12. The van der Waals surface area contributed by atoms with Crippen LogP contribution in [-0.2, 0) is 16.1 Å². The fraction of sp³-hybridized carbons (Fsp3) is 0.227. The third kappa shape index (κ3) is 4.59. The summed E-state index contributed by atoms with van der Waals surface area (Å²) in [6.07, 6.45) is 0.0591. The average molecular weight is 433 g/mol. The number of aromatic nitrogens is 4. The third-order valence-corrected chi connectivity index (χ3v) is 4.85. The van der Waals surface area contributed by atoms with Crippen LogP contribution in [0.5, 0.6) is 5.75 Å². The number of ether oxygens (including phenoxy) is 1. The van der Waals surface area contributed by atoms with Gasteiger partial charge in [-0.2, -0.15) is 4.52 Å². The number of carbonyl (C=O) groups is 2. The molecule has 0 aliphatic carbocycles. The summed E-state index contributed by atoms with van der Waals surface area (Å²) < 4.78 is 6.81. The van der Waals surface area contributed by atoms with E-state index in [2.05, 4.69) is 31.2 Å². The van der Waals surface area contributed by atoms with Crippen LogP contribution in [0.15, 0.2) is 48.5 Å². The average Bonchev–Trinajstić information content (AvgIpc) is 3.21. The Balaban J connectivity index is 1.33. The zero-order chi connectivity index (χ0) is 22.5. The first-order valence-electron chi connectivity index (χ1n) is 10.1. The second kappa shape index (κ2) is 9.29. The molecule has 4 rings (SSSR count). The van der Waals surface area contributed by atoms with Gasteiger partial charge in [-0.05, 0) is 25.1 Å². The maximum atomic E-state index is 12.3. The summed E-state index contributed by atoms with van der Waals surface area (Å²) in [6, 6.07) is 15.0. The van der Waals surface area contributed by atoms with Gasteiger partial charge in [0.1, 0.15) is 11.6 Å². The predicted octanol–water partition coefficient (Wildman–Crippen LogP) is 2.13. The smallest absolute Gasteiger partial charge is 0.245 e. The summed E-state index contributed by atoms with van der Waals surface area (Å²) in [6.45, 7) is 2.11. The van der Waals surface area contributed by atoms with E-state index < -0.39 is 0 Å². The first kappa shape index (κ1) is 21.0. The highest BCUT2D eigenvalue weighted by atomic mass is 16.5. The molecule has 2 amide bonds. The fourth-order valence-electron chi connectivity index (χ4n) is 3.29. The van der Waals surface area contributed by atoms with Gasteiger partial charge in [-0.3, -0.25) is 20.4 Å². The Labute approximate surface area is 184 Å². The number of hydrogen-bond acceptors (Lipinski definition) is 7. The Bertz CT molecular complexity index is 1290. The van der Waals surface area contributed by atoms with E-state index in [1.165, 1.54) is 4.52 Å². The van der Waals surface area contributed by atoms with E-state index in [1.807, 2.05) is 48.5 Å². The lowest BCUT2D eigenvalue weighted by Crippen LogP contribution is -2.32. The van der Waals surface area contributed by atoms with Crippen LogP contribution in [0.1, 0.15) is 24.2 Å². The lowest BCUT2D eigenvalue weighted by Gasteiger charge is -2.11. The van der Waals surface area contributed by atoms with Gasteiger partial charge in [0, 0.05) is 30.3 Å². The molecule has 0 aliphatic heterocycles. The first-order valence-corrected chi connectivity index (χ1v) is 10.1. The number of anilines is 1. The number of carbonyl (C=O) groups excluding carboxylic acids is 2. The standard InChI is InChI=1S/C22H23N7O3/c1-14-24-21-16-8-4-5-9-17(16)25-22(29(21)28-14)27-26-20(31)12-11-19(30)23-13-15-7-3-6-10-18(15)32-2/h3-10H,11-13H2,1-2H3,(H,23,30)(H,25,27)(H,26,31). The normalized spacial score (nSPS) is 10.8. The molecule has 0 bridgehead atoms. The molecule has 0 atom stereocenters. The van der Waals surface area contributed by atoms with E-state index in [-0.39, 0.29) is 24.7 Å². The first-order chi connectivity index (χ1) is 15.5. The Morgan fingerprint density at radius 3 is 2.59 bits per heavy atom. The van der Waals surface area contributed by atoms with Crippen molar-refractivity contribution in [2.75, 3.05) is 12.5 Å². The van der Waals surface area contributed by atoms with Crippen molar-refractivity contribution in [1.82, 2.24) is 30.3 Å². The Morgan fingerprint density at radius 1 is 1.00 bits per heavy atom. The number of amides is 2. The number of hydrogen-bond donors (Lipinski definition) is 3. The Hall–Kier alpha value is -4.21. The van der Waals surface area contributed by atoms with Crippen molar-refractivity contribution in [3.63, 3.8) is 0 Å². The number of benzene rings is 2. The van der Waals surface area contributed by atoms with Crippen LogP contribution in [-0.4, -0.2) is 38.5 Å². The van der Waals surface area contributed by atoms with E-state index in [0.717, 1.165) is 16.5 Å². The van der Waals surface area contributed by atoms with Crippen molar-refractivity contribution in [2.24, 2.45) is 0 Å². The molecule has 164 valence electrons. The van der Waals surface area contributed by atoms with Crippen LogP contribution in [0.3, 0.4) is 0 Å². The summed E-state index contributed by atoms with van der Waals surface area (Å²) in [5.74, 6) is 1.03. The molecular formula is C22H23N7O3. The van der Waals surface area contributed by atoms with Gasteiger partial charge < -0.3 is 10.1 Å². The minimum absolute atomic E-state index is 0.0118. The van der Waals surface area contributed by atoms with E-state index >= 15 is 0 Å². The zero-order valence-electron chi connectivity index (χ0n) is 17.8. The van der Waals surface area contributed by atoms with E-state index in [9.17, 15) is 9.59 Å². The van der Waals surface area contributed by atoms with Crippen molar-refractivity contribution < 1.29 is 14.3 Å². The summed E-state index contributed by atoms with van der Waals surface area (Å²) in [5.41, 5.74) is 7.59. The van der Waals surface area contributed by atoms with Gasteiger partial charge in [0.05, 0.1) is 12.6 Å². The van der Waals surface area contributed by atoms with Crippen LogP contribution in [0.25, 0.3) is 16.6 Å². The third-order valence-electron chi connectivity index (χ3n) is 4.85. The molecule has 2 heterocycles. The maximum absolute atomic E-state index is 12.3. The number of nitrogens with zero attached hydrogens (tertiary/aromatic N) is 4. The molecule has 0 saturated carbocycles. The molecule has 32 heavy (non-hydrogen) atoms. The second-order valence-electron chi connectivity index (χ2n) is 7.11. The summed E-state index contributed by atoms with van der Waals surface area (Å²) >= 11 is 0. The molecule has 10 nitrogen and oxygen atoms in total. The number of fused-ring (bicyclic) bond motifs is 3. The molecule has 0 spiro atoms. The van der Waals surface area contributed by atoms with Crippen molar-refractivity contribution in [3.05, 3.63) is 59.9 Å².